The second kappa shape index (κ2) is 5.85. The molecule has 2 aromatic carbocycles. The number of hydrogen-bond acceptors (Lipinski definition) is 2. The van der Waals surface area contributed by atoms with Gasteiger partial charge in [-0.3, -0.25) is 0 Å². The number of nitrogens with one attached hydrogen (secondary N) is 1. The fraction of sp³-hybridized carbons (Fsp3) is 0.200. The first-order chi connectivity index (χ1) is 9.79. The molecular weight excluding hydrogens is 303 g/mol. The van der Waals surface area contributed by atoms with Gasteiger partial charge in [-0.2, -0.15) is 13.2 Å². The summed E-state index contributed by atoms with van der Waals surface area (Å²) in [5.41, 5.74) is -0.0119. The first-order valence-electron chi connectivity index (χ1n) is 6.20. The topological polar surface area (TPSA) is 32.3 Å². The number of anilines is 1. The van der Waals surface area contributed by atoms with Crippen molar-refractivity contribution in [3.63, 3.8) is 0 Å². The Labute approximate surface area is 125 Å². The highest BCUT2D eigenvalue weighted by Gasteiger charge is 2.33. The van der Waals surface area contributed by atoms with Gasteiger partial charge >= 0.3 is 6.18 Å². The van der Waals surface area contributed by atoms with Crippen LogP contribution in [0.4, 0.5) is 18.9 Å². The van der Waals surface area contributed by atoms with Crippen molar-refractivity contribution in [2.45, 2.75) is 19.1 Å². The number of alkyl halides is 3. The highest BCUT2D eigenvalue weighted by molar-refractivity contribution is 6.31. The number of hydrogen-bond donors (Lipinski definition) is 2. The predicted octanol–water partition coefficient (Wildman–Crippen LogP) is 5.24. The van der Waals surface area contributed by atoms with Crippen LogP contribution in [0.2, 0.25) is 5.02 Å². The fourth-order valence-corrected chi connectivity index (χ4v) is 2.24. The maximum atomic E-state index is 12.8. The van der Waals surface area contributed by atoms with Crippen LogP contribution in [-0.4, -0.2) is 5.11 Å². The molecule has 21 heavy (non-hydrogen) atoms. The van der Waals surface area contributed by atoms with Gasteiger partial charge in [0.2, 0.25) is 0 Å². The van der Waals surface area contributed by atoms with Crippen LogP contribution in [0.3, 0.4) is 0 Å². The third kappa shape index (κ3) is 3.61. The summed E-state index contributed by atoms with van der Waals surface area (Å²) in [4.78, 5) is 0. The molecule has 0 aliphatic rings. The molecule has 1 unspecified atom stereocenters. The number of para-hydroxylation sites is 1. The lowest BCUT2D eigenvalue weighted by Gasteiger charge is -2.18. The van der Waals surface area contributed by atoms with E-state index in [4.69, 9.17) is 11.6 Å². The Morgan fingerprint density at radius 1 is 1.14 bits per heavy atom. The Morgan fingerprint density at radius 3 is 2.43 bits per heavy atom. The van der Waals surface area contributed by atoms with Crippen molar-refractivity contribution in [2.75, 3.05) is 5.32 Å². The number of benzene rings is 2. The van der Waals surface area contributed by atoms with E-state index < -0.39 is 11.7 Å². The van der Waals surface area contributed by atoms with E-state index in [0.29, 0.717) is 5.56 Å². The molecule has 2 rings (SSSR count). The quantitative estimate of drug-likeness (QED) is 0.812. The van der Waals surface area contributed by atoms with Crippen molar-refractivity contribution in [3.05, 3.63) is 58.6 Å². The molecule has 0 saturated heterocycles. The Balaban J connectivity index is 2.26. The van der Waals surface area contributed by atoms with Crippen LogP contribution in [0, 0.1) is 0 Å². The second-order valence-electron chi connectivity index (χ2n) is 4.62. The molecule has 0 bridgehead atoms. The zero-order chi connectivity index (χ0) is 15.6. The molecule has 0 spiro atoms. The van der Waals surface area contributed by atoms with Gasteiger partial charge < -0.3 is 10.4 Å². The van der Waals surface area contributed by atoms with Gasteiger partial charge in [0.1, 0.15) is 5.75 Å². The van der Waals surface area contributed by atoms with E-state index in [1.807, 2.05) is 0 Å². The van der Waals surface area contributed by atoms with Crippen molar-refractivity contribution < 1.29 is 18.3 Å². The van der Waals surface area contributed by atoms with E-state index in [1.54, 1.807) is 25.1 Å². The summed E-state index contributed by atoms with van der Waals surface area (Å²) >= 11 is 5.57. The van der Waals surface area contributed by atoms with Gasteiger partial charge in [0.15, 0.2) is 0 Å². The fourth-order valence-electron chi connectivity index (χ4n) is 2.01. The molecule has 0 aliphatic carbocycles. The van der Waals surface area contributed by atoms with Gasteiger partial charge in [-0.1, -0.05) is 29.8 Å². The Bertz CT molecular complexity index is 643. The molecule has 6 heteroatoms. The summed E-state index contributed by atoms with van der Waals surface area (Å²) in [6.07, 6.45) is -4.51. The van der Waals surface area contributed by atoms with Gasteiger partial charge in [-0.15, -0.1) is 0 Å². The van der Waals surface area contributed by atoms with Crippen LogP contribution in [0.25, 0.3) is 0 Å². The maximum absolute atomic E-state index is 12.8. The Morgan fingerprint density at radius 2 is 1.81 bits per heavy atom. The third-order valence-corrected chi connectivity index (χ3v) is 3.39. The van der Waals surface area contributed by atoms with Crippen molar-refractivity contribution in [2.24, 2.45) is 0 Å². The molecule has 2 N–H and O–H groups in total. The van der Waals surface area contributed by atoms with Crippen molar-refractivity contribution in [3.8, 4) is 5.75 Å². The average molecular weight is 316 g/mol. The van der Waals surface area contributed by atoms with Gasteiger partial charge in [-0.05, 0) is 31.2 Å². The summed E-state index contributed by atoms with van der Waals surface area (Å²) < 4.78 is 38.4. The van der Waals surface area contributed by atoms with Crippen molar-refractivity contribution in [1.82, 2.24) is 0 Å². The Hall–Kier alpha value is -1.88. The second-order valence-corrected chi connectivity index (χ2v) is 5.02. The first-order valence-corrected chi connectivity index (χ1v) is 6.58. The lowest BCUT2D eigenvalue weighted by atomic mass is 10.1. The summed E-state index contributed by atoms with van der Waals surface area (Å²) in [5.74, 6) is 0.0857. The van der Waals surface area contributed by atoms with Crippen LogP contribution < -0.4 is 5.32 Å². The predicted molar refractivity (Wildman–Crippen MR) is 76.6 cm³/mol. The average Bonchev–Trinajstić information content (AvgIpc) is 2.40. The Kier molecular flexibility index (Phi) is 4.32. The van der Waals surface area contributed by atoms with Gasteiger partial charge in [0.25, 0.3) is 0 Å². The van der Waals surface area contributed by atoms with Crippen LogP contribution >= 0.6 is 11.6 Å². The van der Waals surface area contributed by atoms with E-state index in [0.717, 1.165) is 6.07 Å². The highest BCUT2D eigenvalue weighted by Crippen LogP contribution is 2.37. The van der Waals surface area contributed by atoms with Crippen molar-refractivity contribution in [1.29, 1.82) is 0 Å². The lowest BCUT2D eigenvalue weighted by Crippen LogP contribution is -2.10. The molecule has 0 heterocycles. The molecule has 2 aromatic rings. The lowest BCUT2D eigenvalue weighted by molar-refractivity contribution is -0.137. The number of phenols is 1. The normalized spacial score (nSPS) is 13.0. The SMILES string of the molecule is CC(Nc1ccc(Cl)c(C(F)(F)F)c1)c1ccccc1O. The van der Waals surface area contributed by atoms with Crippen molar-refractivity contribution >= 4 is 17.3 Å². The molecule has 0 saturated carbocycles. The third-order valence-electron chi connectivity index (χ3n) is 3.06. The van der Waals surface area contributed by atoms with Crippen LogP contribution in [-0.2, 0) is 6.18 Å². The van der Waals surface area contributed by atoms with E-state index in [1.165, 1.54) is 18.2 Å². The largest absolute Gasteiger partial charge is 0.508 e. The zero-order valence-corrected chi connectivity index (χ0v) is 11.8. The highest BCUT2D eigenvalue weighted by atomic mass is 35.5. The minimum Gasteiger partial charge on any atom is -0.508 e. The summed E-state index contributed by atoms with van der Waals surface area (Å²) in [5, 5.41) is 12.3. The molecule has 1 atom stereocenters. The number of halogens is 4. The molecule has 0 amide bonds. The van der Waals surface area contributed by atoms with E-state index in [2.05, 4.69) is 5.32 Å². The van der Waals surface area contributed by atoms with Gasteiger partial charge in [-0.25, -0.2) is 0 Å². The number of aromatic hydroxyl groups is 1. The molecule has 112 valence electrons. The smallest absolute Gasteiger partial charge is 0.417 e. The summed E-state index contributed by atoms with van der Waals surface area (Å²) in [6, 6.07) is 9.92. The van der Waals surface area contributed by atoms with E-state index in [-0.39, 0.29) is 22.5 Å². The summed E-state index contributed by atoms with van der Waals surface area (Å²) in [6.45, 7) is 1.75. The molecule has 0 fully saturated rings. The number of phenolic OH excluding ortho intramolecular Hbond substituents is 1. The molecular formula is C15H13ClF3NO. The standard InChI is InChI=1S/C15H13ClF3NO/c1-9(11-4-2-3-5-14(11)21)20-10-6-7-13(16)12(8-10)15(17,18)19/h2-9,20-21H,1H3. The van der Waals surface area contributed by atoms with Gasteiger partial charge in [0.05, 0.1) is 16.6 Å². The van der Waals surface area contributed by atoms with Crippen LogP contribution in [0.15, 0.2) is 42.5 Å². The van der Waals surface area contributed by atoms with Gasteiger partial charge in [0, 0.05) is 11.3 Å². The maximum Gasteiger partial charge on any atom is 0.417 e. The van der Waals surface area contributed by atoms with E-state index in [9.17, 15) is 18.3 Å². The molecule has 0 radical (unpaired) electrons. The minimum atomic E-state index is -4.51. The minimum absolute atomic E-state index is 0.0857. The molecule has 0 aliphatic heterocycles. The zero-order valence-electron chi connectivity index (χ0n) is 11.1. The molecule has 2 nitrogen and oxygen atoms in total. The van der Waals surface area contributed by atoms with Crippen LogP contribution in [0.5, 0.6) is 5.75 Å². The number of rotatable bonds is 3. The van der Waals surface area contributed by atoms with Crippen LogP contribution in [0.1, 0.15) is 24.1 Å². The monoisotopic (exact) mass is 315 g/mol. The van der Waals surface area contributed by atoms with E-state index >= 15 is 0 Å². The molecule has 0 aromatic heterocycles. The first kappa shape index (κ1) is 15.5. The summed E-state index contributed by atoms with van der Waals surface area (Å²) in [7, 11) is 0.